The maximum absolute atomic E-state index is 9.06. The lowest BCUT2D eigenvalue weighted by atomic mass is 9.86. The fourth-order valence-corrected chi connectivity index (χ4v) is 2.27. The Kier molecular flexibility index (Phi) is 4.69. The van der Waals surface area contributed by atoms with Gasteiger partial charge in [0.2, 0.25) is 0 Å². The Hall–Kier alpha value is -1.80. The van der Waals surface area contributed by atoms with E-state index >= 15 is 0 Å². The zero-order chi connectivity index (χ0) is 15.5. The summed E-state index contributed by atoms with van der Waals surface area (Å²) in [4.78, 5) is 0. The number of aliphatic hydroxyl groups is 1. The van der Waals surface area contributed by atoms with Crippen LogP contribution in [0.5, 0.6) is 5.75 Å². The zero-order valence-electron chi connectivity index (χ0n) is 13.3. The summed E-state index contributed by atoms with van der Waals surface area (Å²) in [6.45, 7) is 9.28. The van der Waals surface area contributed by atoms with E-state index in [0.29, 0.717) is 6.61 Å². The van der Waals surface area contributed by atoms with Crippen molar-refractivity contribution >= 4 is 0 Å². The van der Waals surface area contributed by atoms with E-state index in [1.165, 1.54) is 11.1 Å². The smallest absolute Gasteiger partial charge is 0.123 e. The molecule has 2 aromatic carbocycles. The molecule has 0 heterocycles. The van der Waals surface area contributed by atoms with E-state index in [9.17, 15) is 0 Å². The minimum Gasteiger partial charge on any atom is -0.489 e. The molecule has 2 rings (SSSR count). The number of benzene rings is 2. The van der Waals surface area contributed by atoms with Gasteiger partial charge in [0, 0.05) is 0 Å². The fraction of sp³-hybridized carbons (Fsp3) is 0.368. The number of hydrogen-bond acceptors (Lipinski definition) is 2. The average molecular weight is 284 g/mol. The van der Waals surface area contributed by atoms with Crippen LogP contribution in [-0.4, -0.2) is 5.11 Å². The Morgan fingerprint density at radius 3 is 2.14 bits per heavy atom. The van der Waals surface area contributed by atoms with Crippen LogP contribution in [0.2, 0.25) is 0 Å². The van der Waals surface area contributed by atoms with E-state index in [1.807, 2.05) is 24.3 Å². The minimum absolute atomic E-state index is 0.0593. The predicted molar refractivity (Wildman–Crippen MR) is 86.6 cm³/mol. The molecule has 0 aliphatic heterocycles. The summed E-state index contributed by atoms with van der Waals surface area (Å²) in [6, 6.07) is 14.2. The molecule has 0 saturated carbocycles. The van der Waals surface area contributed by atoms with Crippen molar-refractivity contribution in [1.82, 2.24) is 0 Å². The van der Waals surface area contributed by atoms with Gasteiger partial charge in [-0.2, -0.15) is 0 Å². The molecule has 2 heteroatoms. The maximum atomic E-state index is 9.06. The molecule has 0 spiro atoms. The Bertz CT molecular complexity index is 592. The quantitative estimate of drug-likeness (QED) is 0.903. The van der Waals surface area contributed by atoms with E-state index in [-0.39, 0.29) is 12.0 Å². The summed E-state index contributed by atoms with van der Waals surface area (Å²) < 4.78 is 6.04. The maximum Gasteiger partial charge on any atom is 0.123 e. The first kappa shape index (κ1) is 15.6. The van der Waals surface area contributed by atoms with Gasteiger partial charge in [-0.15, -0.1) is 0 Å². The molecule has 0 radical (unpaired) electrons. The monoisotopic (exact) mass is 284 g/mol. The van der Waals surface area contributed by atoms with Crippen LogP contribution < -0.4 is 4.74 Å². The molecule has 0 amide bonds. The second-order valence-electron chi connectivity index (χ2n) is 6.51. The Balaban J connectivity index is 2.17. The van der Waals surface area contributed by atoms with Gasteiger partial charge in [-0.05, 0) is 40.7 Å². The summed E-state index contributed by atoms with van der Waals surface area (Å²) >= 11 is 0. The molecule has 0 aliphatic carbocycles. The topological polar surface area (TPSA) is 29.5 Å². The number of aliphatic hydroxyl groups excluding tert-OH is 1. The van der Waals surface area contributed by atoms with Crippen LogP contribution >= 0.6 is 0 Å². The molecule has 0 aliphatic rings. The number of hydrogen-bond donors (Lipinski definition) is 1. The molecule has 0 saturated heterocycles. The van der Waals surface area contributed by atoms with E-state index in [0.717, 1.165) is 16.9 Å². The van der Waals surface area contributed by atoms with Crippen LogP contribution in [0.25, 0.3) is 0 Å². The van der Waals surface area contributed by atoms with Crippen LogP contribution in [0, 0.1) is 6.92 Å². The van der Waals surface area contributed by atoms with Crippen LogP contribution in [0.4, 0.5) is 0 Å². The predicted octanol–water partition coefficient (Wildman–Crippen LogP) is 4.36. The van der Waals surface area contributed by atoms with Crippen molar-refractivity contribution in [2.24, 2.45) is 0 Å². The second-order valence-corrected chi connectivity index (χ2v) is 6.51. The lowest BCUT2D eigenvalue weighted by molar-refractivity contribution is 0.281. The van der Waals surface area contributed by atoms with Crippen molar-refractivity contribution in [3.63, 3.8) is 0 Å². The van der Waals surface area contributed by atoms with E-state index < -0.39 is 0 Å². The van der Waals surface area contributed by atoms with Gasteiger partial charge in [-0.3, -0.25) is 0 Å². The van der Waals surface area contributed by atoms with Crippen molar-refractivity contribution in [3.8, 4) is 5.75 Å². The Morgan fingerprint density at radius 1 is 0.952 bits per heavy atom. The van der Waals surface area contributed by atoms with Crippen molar-refractivity contribution < 1.29 is 9.84 Å². The first-order valence-corrected chi connectivity index (χ1v) is 7.33. The van der Waals surface area contributed by atoms with Crippen molar-refractivity contribution in [2.75, 3.05) is 0 Å². The van der Waals surface area contributed by atoms with Gasteiger partial charge in [0.25, 0.3) is 0 Å². The van der Waals surface area contributed by atoms with Gasteiger partial charge in [0.05, 0.1) is 6.61 Å². The Morgan fingerprint density at radius 2 is 1.57 bits per heavy atom. The normalized spacial score (nSPS) is 11.5. The molecule has 0 atom stereocenters. The van der Waals surface area contributed by atoms with Crippen molar-refractivity contribution in [2.45, 2.75) is 46.3 Å². The standard InChI is InChI=1S/C19H24O2/c1-14-5-10-17(19(2,3)4)18(11-14)21-13-16-8-6-15(12-20)7-9-16/h5-11,20H,12-13H2,1-4H3. The van der Waals surface area contributed by atoms with Gasteiger partial charge in [-0.1, -0.05) is 57.2 Å². The lowest BCUT2D eigenvalue weighted by Crippen LogP contribution is -2.13. The molecule has 2 nitrogen and oxygen atoms in total. The van der Waals surface area contributed by atoms with Gasteiger partial charge >= 0.3 is 0 Å². The average Bonchev–Trinajstić information content (AvgIpc) is 2.44. The number of rotatable bonds is 4. The van der Waals surface area contributed by atoms with Gasteiger partial charge in [0.1, 0.15) is 12.4 Å². The molecule has 112 valence electrons. The highest BCUT2D eigenvalue weighted by atomic mass is 16.5. The van der Waals surface area contributed by atoms with Crippen molar-refractivity contribution in [1.29, 1.82) is 0 Å². The van der Waals surface area contributed by atoms with Crippen molar-refractivity contribution in [3.05, 3.63) is 64.7 Å². The lowest BCUT2D eigenvalue weighted by Gasteiger charge is -2.23. The summed E-state index contributed by atoms with van der Waals surface area (Å²) in [5, 5.41) is 9.06. The summed E-state index contributed by atoms with van der Waals surface area (Å²) in [7, 11) is 0. The highest BCUT2D eigenvalue weighted by Gasteiger charge is 2.18. The molecule has 0 unspecified atom stereocenters. The molecule has 0 fully saturated rings. The Labute approximate surface area is 127 Å². The third-order valence-corrected chi connectivity index (χ3v) is 3.55. The largest absolute Gasteiger partial charge is 0.489 e. The molecule has 1 N–H and O–H groups in total. The fourth-order valence-electron chi connectivity index (χ4n) is 2.27. The second kappa shape index (κ2) is 6.31. The molecule has 21 heavy (non-hydrogen) atoms. The summed E-state index contributed by atoms with van der Waals surface area (Å²) in [5.74, 6) is 0.953. The highest BCUT2D eigenvalue weighted by Crippen LogP contribution is 2.32. The molecule has 0 aromatic heterocycles. The zero-order valence-corrected chi connectivity index (χ0v) is 13.3. The first-order chi connectivity index (χ1) is 9.90. The third kappa shape index (κ3) is 4.08. The summed E-state index contributed by atoms with van der Waals surface area (Å²) in [6.07, 6.45) is 0. The van der Waals surface area contributed by atoms with Crippen LogP contribution in [0.3, 0.4) is 0 Å². The van der Waals surface area contributed by atoms with Crippen LogP contribution in [0.1, 0.15) is 43.0 Å². The molecular formula is C19H24O2. The van der Waals surface area contributed by atoms with E-state index in [1.54, 1.807) is 0 Å². The summed E-state index contributed by atoms with van der Waals surface area (Å²) in [5.41, 5.74) is 4.51. The number of aryl methyl sites for hydroxylation is 1. The van der Waals surface area contributed by atoms with Gasteiger partial charge in [0.15, 0.2) is 0 Å². The third-order valence-electron chi connectivity index (χ3n) is 3.55. The number of ether oxygens (including phenoxy) is 1. The SMILES string of the molecule is Cc1ccc(C(C)(C)C)c(OCc2ccc(CO)cc2)c1. The van der Waals surface area contributed by atoms with Gasteiger partial charge in [-0.25, -0.2) is 0 Å². The molecule has 2 aromatic rings. The van der Waals surface area contributed by atoms with E-state index in [2.05, 4.69) is 45.9 Å². The van der Waals surface area contributed by atoms with Crippen LogP contribution in [0.15, 0.2) is 42.5 Å². The van der Waals surface area contributed by atoms with Gasteiger partial charge < -0.3 is 9.84 Å². The van der Waals surface area contributed by atoms with Crippen LogP contribution in [-0.2, 0) is 18.6 Å². The van der Waals surface area contributed by atoms with E-state index in [4.69, 9.17) is 9.84 Å². The first-order valence-electron chi connectivity index (χ1n) is 7.33. The molecule has 0 bridgehead atoms. The minimum atomic E-state index is 0.0593. The highest BCUT2D eigenvalue weighted by molar-refractivity contribution is 5.41. The molecular weight excluding hydrogens is 260 g/mol.